The van der Waals surface area contributed by atoms with Crippen LogP contribution in [0.4, 0.5) is 0 Å². The Morgan fingerprint density at radius 3 is 2.23 bits per heavy atom. The molecule has 0 aromatic heterocycles. The molecule has 2 amide bonds. The van der Waals surface area contributed by atoms with Crippen molar-refractivity contribution in [3.63, 3.8) is 0 Å². The Hall–Kier alpha value is -2.40. The standard InChI is InChI=1S/C26H31NO7Si/c1-35(2,3)14-13-31-26-20(27-23(29)17-11-7-8-12-18(17)24(27)30)21(28)22-19(33-26)15-32-25(34-22)16-9-5-4-6-10-16/h4-12,19-22,25-26,28H,13-15H2,1-3H3/t19-,20-,21-,22-,25-,26-/m1/s1. The molecule has 9 heteroatoms. The number of fused-ring (bicyclic) bond motifs is 2. The van der Waals surface area contributed by atoms with Crippen molar-refractivity contribution in [2.75, 3.05) is 13.2 Å². The maximum Gasteiger partial charge on any atom is 0.262 e. The molecule has 2 aromatic rings. The third-order valence-electron chi connectivity index (χ3n) is 6.66. The predicted octanol–water partition coefficient (Wildman–Crippen LogP) is 3.21. The number of benzene rings is 2. The molecule has 2 fully saturated rings. The molecule has 35 heavy (non-hydrogen) atoms. The zero-order valence-electron chi connectivity index (χ0n) is 20.1. The fraction of sp³-hybridized carbons (Fsp3) is 0.462. The van der Waals surface area contributed by atoms with E-state index in [1.54, 1.807) is 24.3 Å². The van der Waals surface area contributed by atoms with E-state index in [4.69, 9.17) is 18.9 Å². The number of amides is 2. The van der Waals surface area contributed by atoms with E-state index < -0.39 is 56.8 Å². The smallest absolute Gasteiger partial charge is 0.262 e. The van der Waals surface area contributed by atoms with Crippen LogP contribution < -0.4 is 0 Å². The molecule has 5 rings (SSSR count). The highest BCUT2D eigenvalue weighted by Crippen LogP contribution is 2.38. The lowest BCUT2D eigenvalue weighted by Gasteiger charge is -2.49. The summed E-state index contributed by atoms with van der Waals surface area (Å²) in [6, 6.07) is 15.9. The Balaban J connectivity index is 1.43. The van der Waals surface area contributed by atoms with Crippen molar-refractivity contribution in [2.24, 2.45) is 0 Å². The lowest BCUT2D eigenvalue weighted by Crippen LogP contribution is -2.67. The largest absolute Gasteiger partial charge is 0.388 e. The number of hydrogen-bond donors (Lipinski definition) is 1. The van der Waals surface area contributed by atoms with Gasteiger partial charge in [0.1, 0.15) is 24.4 Å². The van der Waals surface area contributed by atoms with E-state index in [1.807, 2.05) is 30.3 Å². The van der Waals surface area contributed by atoms with E-state index >= 15 is 0 Å². The summed E-state index contributed by atoms with van der Waals surface area (Å²) in [5, 5.41) is 11.6. The second kappa shape index (κ2) is 9.57. The van der Waals surface area contributed by atoms with E-state index in [-0.39, 0.29) is 6.61 Å². The monoisotopic (exact) mass is 497 g/mol. The van der Waals surface area contributed by atoms with E-state index in [9.17, 15) is 14.7 Å². The zero-order valence-corrected chi connectivity index (χ0v) is 21.1. The van der Waals surface area contributed by atoms with Crippen LogP contribution >= 0.6 is 0 Å². The number of imide groups is 1. The molecule has 2 aromatic carbocycles. The number of ether oxygens (including phenoxy) is 4. The molecular weight excluding hydrogens is 466 g/mol. The van der Waals surface area contributed by atoms with Crippen molar-refractivity contribution in [2.45, 2.75) is 62.6 Å². The number of nitrogens with zero attached hydrogens (tertiary/aromatic N) is 1. The van der Waals surface area contributed by atoms with Crippen molar-refractivity contribution >= 4 is 19.9 Å². The first-order valence-electron chi connectivity index (χ1n) is 12.0. The first-order chi connectivity index (χ1) is 16.7. The molecule has 3 aliphatic rings. The topological polar surface area (TPSA) is 94.5 Å². The van der Waals surface area contributed by atoms with Gasteiger partial charge < -0.3 is 24.1 Å². The van der Waals surface area contributed by atoms with Crippen LogP contribution in [0, 0.1) is 0 Å². The van der Waals surface area contributed by atoms with E-state index in [0.717, 1.165) is 16.5 Å². The van der Waals surface area contributed by atoms with Crippen LogP contribution in [0.5, 0.6) is 0 Å². The van der Waals surface area contributed by atoms with Gasteiger partial charge in [-0.05, 0) is 18.2 Å². The Morgan fingerprint density at radius 2 is 1.60 bits per heavy atom. The zero-order chi connectivity index (χ0) is 24.7. The van der Waals surface area contributed by atoms with Gasteiger partial charge in [-0.3, -0.25) is 14.5 Å². The molecule has 3 aliphatic heterocycles. The van der Waals surface area contributed by atoms with Crippen molar-refractivity contribution in [3.8, 4) is 0 Å². The summed E-state index contributed by atoms with van der Waals surface area (Å²) in [5.41, 5.74) is 1.43. The summed E-state index contributed by atoms with van der Waals surface area (Å²) in [4.78, 5) is 27.7. The van der Waals surface area contributed by atoms with Gasteiger partial charge in [0.15, 0.2) is 12.6 Å². The summed E-state index contributed by atoms with van der Waals surface area (Å²) < 4.78 is 24.3. The predicted molar refractivity (Wildman–Crippen MR) is 130 cm³/mol. The van der Waals surface area contributed by atoms with Crippen molar-refractivity contribution in [3.05, 3.63) is 71.3 Å². The number of aliphatic hydroxyl groups is 1. The van der Waals surface area contributed by atoms with Gasteiger partial charge in [0, 0.05) is 20.2 Å². The van der Waals surface area contributed by atoms with E-state index in [0.29, 0.717) is 17.7 Å². The first kappa shape index (κ1) is 24.3. The first-order valence-corrected chi connectivity index (χ1v) is 15.7. The minimum absolute atomic E-state index is 0.185. The second-order valence-electron chi connectivity index (χ2n) is 10.4. The second-order valence-corrected chi connectivity index (χ2v) is 16.0. The van der Waals surface area contributed by atoms with Gasteiger partial charge in [0.05, 0.1) is 17.7 Å². The molecule has 0 saturated carbocycles. The molecule has 1 N–H and O–H groups in total. The van der Waals surface area contributed by atoms with Crippen LogP contribution in [-0.4, -0.2) is 73.8 Å². The van der Waals surface area contributed by atoms with Crippen molar-refractivity contribution in [1.29, 1.82) is 0 Å². The quantitative estimate of drug-likeness (QED) is 0.484. The van der Waals surface area contributed by atoms with Gasteiger partial charge in [-0.2, -0.15) is 0 Å². The molecule has 0 unspecified atom stereocenters. The summed E-state index contributed by atoms with van der Waals surface area (Å²) in [5.74, 6) is -0.940. The molecule has 2 saturated heterocycles. The fourth-order valence-corrected chi connectivity index (χ4v) is 5.46. The minimum Gasteiger partial charge on any atom is -0.388 e. The molecule has 3 heterocycles. The van der Waals surface area contributed by atoms with Gasteiger partial charge in [-0.25, -0.2) is 0 Å². The van der Waals surface area contributed by atoms with E-state index in [1.165, 1.54) is 0 Å². The minimum atomic E-state index is -1.41. The number of hydrogen-bond acceptors (Lipinski definition) is 7. The third kappa shape index (κ3) is 4.72. The Bertz CT molecular complexity index is 1050. The van der Waals surface area contributed by atoms with Crippen molar-refractivity contribution < 1.29 is 33.6 Å². The van der Waals surface area contributed by atoms with Crippen LogP contribution in [0.2, 0.25) is 25.7 Å². The van der Waals surface area contributed by atoms with Crippen LogP contribution in [0.3, 0.4) is 0 Å². The Kier molecular flexibility index (Phi) is 6.64. The maximum absolute atomic E-state index is 13.3. The number of carbonyl (C=O) groups is 2. The molecule has 0 bridgehead atoms. The molecule has 0 radical (unpaired) electrons. The lowest BCUT2D eigenvalue weighted by molar-refractivity contribution is -0.348. The molecule has 8 nitrogen and oxygen atoms in total. The number of rotatable bonds is 6. The summed E-state index contributed by atoms with van der Waals surface area (Å²) in [7, 11) is -1.41. The molecule has 0 spiro atoms. The highest BCUT2D eigenvalue weighted by Gasteiger charge is 2.55. The maximum atomic E-state index is 13.3. The molecule has 0 aliphatic carbocycles. The van der Waals surface area contributed by atoms with Crippen LogP contribution in [0.15, 0.2) is 54.6 Å². The van der Waals surface area contributed by atoms with Gasteiger partial charge in [-0.15, -0.1) is 0 Å². The van der Waals surface area contributed by atoms with Crippen LogP contribution in [0.1, 0.15) is 32.6 Å². The normalized spacial score (nSPS) is 30.8. The summed E-state index contributed by atoms with van der Waals surface area (Å²) in [6.07, 6.45) is -4.32. The van der Waals surface area contributed by atoms with Crippen LogP contribution in [-0.2, 0) is 18.9 Å². The summed E-state index contributed by atoms with van der Waals surface area (Å²) >= 11 is 0. The van der Waals surface area contributed by atoms with Gasteiger partial charge >= 0.3 is 0 Å². The van der Waals surface area contributed by atoms with Gasteiger partial charge in [0.25, 0.3) is 11.8 Å². The number of aliphatic hydroxyl groups excluding tert-OH is 1. The molecule has 186 valence electrons. The van der Waals surface area contributed by atoms with Crippen LogP contribution in [0.25, 0.3) is 0 Å². The third-order valence-corrected chi connectivity index (χ3v) is 8.37. The average Bonchev–Trinajstić information content (AvgIpc) is 3.09. The Morgan fingerprint density at radius 1 is 0.971 bits per heavy atom. The Labute approximate surface area is 205 Å². The van der Waals surface area contributed by atoms with Gasteiger partial charge in [0.2, 0.25) is 0 Å². The number of carbonyl (C=O) groups excluding carboxylic acids is 2. The fourth-order valence-electron chi connectivity index (χ4n) is 4.73. The van der Waals surface area contributed by atoms with E-state index in [2.05, 4.69) is 19.6 Å². The van der Waals surface area contributed by atoms with Gasteiger partial charge in [-0.1, -0.05) is 62.1 Å². The SMILES string of the molecule is C[Si](C)(C)CCO[C@@H]1O[C@@H]2CO[C@@H](c3ccccc3)O[C@H]2[C@H](O)[C@H]1N1C(=O)c2ccccc2C1=O. The van der Waals surface area contributed by atoms with Crippen molar-refractivity contribution in [1.82, 2.24) is 4.90 Å². The average molecular weight is 498 g/mol. The lowest BCUT2D eigenvalue weighted by atomic mass is 9.94. The molecular formula is C26H31NO7Si. The highest BCUT2D eigenvalue weighted by molar-refractivity contribution is 6.76. The highest BCUT2D eigenvalue weighted by atomic mass is 28.3. The summed E-state index contributed by atoms with van der Waals surface area (Å²) in [6.45, 7) is 7.29. The molecule has 6 atom stereocenters.